The number of hydrogen-bond donors (Lipinski definition) is 1. The van der Waals surface area contributed by atoms with Gasteiger partial charge >= 0.3 is 0 Å². The molecule has 41 heavy (non-hydrogen) atoms. The molecule has 0 radical (unpaired) electrons. The fourth-order valence-corrected chi connectivity index (χ4v) is 5.99. The maximum atomic E-state index is 14.1. The zero-order chi connectivity index (χ0) is 30.4. The number of rotatable bonds is 11. The topological polar surface area (TPSA) is 96.0 Å². The van der Waals surface area contributed by atoms with Crippen molar-refractivity contribution >= 4 is 39.1 Å². The molecule has 0 aliphatic heterocycles. The number of sulfonamides is 1. The van der Waals surface area contributed by atoms with Crippen molar-refractivity contribution in [2.75, 3.05) is 18.0 Å². The third-order valence-electron chi connectivity index (χ3n) is 6.39. The molecule has 1 N–H and O–H groups in total. The molecule has 0 aliphatic carbocycles. The van der Waals surface area contributed by atoms with Gasteiger partial charge in [0.15, 0.2) is 0 Å². The maximum Gasteiger partial charge on any atom is 0.264 e. The SMILES string of the molecule is CC[C@@H](C(=O)NC(C)(C)C)N(Cc1ccccc1)C(=O)CN(c1ccc(OC)c(Cl)c1)S(=O)(=O)c1ccc(C)cc1. The van der Waals surface area contributed by atoms with Crippen molar-refractivity contribution in [2.45, 2.75) is 64.1 Å². The number of halogens is 1. The molecule has 0 bridgehead atoms. The second kappa shape index (κ2) is 13.4. The summed E-state index contributed by atoms with van der Waals surface area (Å²) in [6.45, 7) is 8.85. The fraction of sp³-hybridized carbons (Fsp3) is 0.355. The van der Waals surface area contributed by atoms with Crippen LogP contribution < -0.4 is 14.4 Å². The van der Waals surface area contributed by atoms with Crippen molar-refractivity contribution in [3.63, 3.8) is 0 Å². The lowest BCUT2D eigenvalue weighted by atomic mass is 10.1. The van der Waals surface area contributed by atoms with E-state index in [4.69, 9.17) is 16.3 Å². The summed E-state index contributed by atoms with van der Waals surface area (Å²) >= 11 is 6.38. The van der Waals surface area contributed by atoms with Crippen LogP contribution in [-0.4, -0.2) is 50.4 Å². The molecule has 0 heterocycles. The Morgan fingerprint density at radius 2 is 1.63 bits per heavy atom. The predicted molar refractivity (Wildman–Crippen MR) is 163 cm³/mol. The fourth-order valence-electron chi connectivity index (χ4n) is 4.33. The summed E-state index contributed by atoms with van der Waals surface area (Å²) in [6, 6.07) is 19.4. The van der Waals surface area contributed by atoms with E-state index in [1.54, 1.807) is 18.2 Å². The molecule has 3 aromatic carbocycles. The molecule has 0 spiro atoms. The van der Waals surface area contributed by atoms with Gasteiger partial charge in [0.05, 0.1) is 22.7 Å². The van der Waals surface area contributed by atoms with E-state index in [1.807, 2.05) is 65.0 Å². The van der Waals surface area contributed by atoms with Gasteiger partial charge in [-0.15, -0.1) is 0 Å². The predicted octanol–water partition coefficient (Wildman–Crippen LogP) is 5.57. The Hall–Kier alpha value is -3.56. The highest BCUT2D eigenvalue weighted by atomic mass is 35.5. The summed E-state index contributed by atoms with van der Waals surface area (Å²) in [4.78, 5) is 29.0. The van der Waals surface area contributed by atoms with Crippen LogP contribution >= 0.6 is 11.6 Å². The number of benzene rings is 3. The molecular formula is C31H38ClN3O5S. The molecule has 0 saturated heterocycles. The molecular weight excluding hydrogens is 562 g/mol. The van der Waals surface area contributed by atoms with Crippen LogP contribution in [0.2, 0.25) is 5.02 Å². The van der Waals surface area contributed by atoms with Crippen LogP contribution in [0.5, 0.6) is 5.75 Å². The van der Waals surface area contributed by atoms with Gasteiger partial charge in [-0.2, -0.15) is 0 Å². The molecule has 2 amide bonds. The van der Waals surface area contributed by atoms with Crippen LogP contribution in [0.15, 0.2) is 77.7 Å². The number of ether oxygens (including phenoxy) is 1. The summed E-state index contributed by atoms with van der Waals surface area (Å²) in [5.41, 5.74) is 1.37. The largest absolute Gasteiger partial charge is 0.495 e. The van der Waals surface area contributed by atoms with Crippen LogP contribution in [0, 0.1) is 6.92 Å². The van der Waals surface area contributed by atoms with E-state index in [-0.39, 0.29) is 28.1 Å². The summed E-state index contributed by atoms with van der Waals surface area (Å²) in [5.74, 6) is -0.484. The smallest absolute Gasteiger partial charge is 0.264 e. The highest BCUT2D eigenvalue weighted by Gasteiger charge is 2.34. The van der Waals surface area contributed by atoms with Crippen molar-refractivity contribution in [3.8, 4) is 5.75 Å². The maximum absolute atomic E-state index is 14.1. The Morgan fingerprint density at radius 1 is 1.00 bits per heavy atom. The van der Waals surface area contributed by atoms with E-state index in [2.05, 4.69) is 5.32 Å². The van der Waals surface area contributed by atoms with Crippen LogP contribution in [0.3, 0.4) is 0 Å². The van der Waals surface area contributed by atoms with Gasteiger partial charge in [-0.3, -0.25) is 13.9 Å². The van der Waals surface area contributed by atoms with Gasteiger partial charge in [-0.1, -0.05) is 66.6 Å². The Morgan fingerprint density at radius 3 is 2.17 bits per heavy atom. The Labute approximate surface area is 248 Å². The first-order chi connectivity index (χ1) is 19.3. The van der Waals surface area contributed by atoms with Crippen LogP contribution in [-0.2, 0) is 26.2 Å². The van der Waals surface area contributed by atoms with E-state index in [9.17, 15) is 18.0 Å². The second-order valence-electron chi connectivity index (χ2n) is 10.8. The summed E-state index contributed by atoms with van der Waals surface area (Å²) in [6.07, 6.45) is 0.333. The van der Waals surface area contributed by atoms with Gasteiger partial charge in [0, 0.05) is 12.1 Å². The number of carbonyl (C=O) groups is 2. The molecule has 0 fully saturated rings. The highest BCUT2D eigenvalue weighted by Crippen LogP contribution is 2.32. The normalized spacial score (nSPS) is 12.4. The third kappa shape index (κ3) is 8.24. The number of amides is 2. The Bertz CT molecular complexity index is 1460. The highest BCUT2D eigenvalue weighted by molar-refractivity contribution is 7.92. The minimum Gasteiger partial charge on any atom is -0.495 e. The van der Waals surface area contributed by atoms with Gasteiger partial charge in [0.1, 0.15) is 18.3 Å². The van der Waals surface area contributed by atoms with E-state index >= 15 is 0 Å². The molecule has 1 atom stereocenters. The zero-order valence-electron chi connectivity index (χ0n) is 24.3. The van der Waals surface area contributed by atoms with Crippen molar-refractivity contribution in [1.82, 2.24) is 10.2 Å². The van der Waals surface area contributed by atoms with Crippen LogP contribution in [0.1, 0.15) is 45.2 Å². The van der Waals surface area contributed by atoms with E-state index in [1.165, 1.54) is 36.3 Å². The molecule has 220 valence electrons. The lowest BCUT2D eigenvalue weighted by Gasteiger charge is -2.34. The van der Waals surface area contributed by atoms with E-state index in [0.29, 0.717) is 12.2 Å². The van der Waals surface area contributed by atoms with Gasteiger partial charge in [-0.25, -0.2) is 8.42 Å². The van der Waals surface area contributed by atoms with Crippen molar-refractivity contribution in [1.29, 1.82) is 0 Å². The van der Waals surface area contributed by atoms with Crippen molar-refractivity contribution in [2.24, 2.45) is 0 Å². The summed E-state index contributed by atoms with van der Waals surface area (Å²) in [5, 5.41) is 3.15. The Balaban J connectivity index is 2.09. The summed E-state index contributed by atoms with van der Waals surface area (Å²) < 4.78 is 34.2. The summed E-state index contributed by atoms with van der Waals surface area (Å²) in [7, 11) is -2.75. The van der Waals surface area contributed by atoms with E-state index in [0.717, 1.165) is 15.4 Å². The second-order valence-corrected chi connectivity index (χ2v) is 13.1. The molecule has 0 saturated carbocycles. The monoisotopic (exact) mass is 599 g/mol. The van der Waals surface area contributed by atoms with Gasteiger partial charge in [-0.05, 0) is 70.0 Å². The average Bonchev–Trinajstić information content (AvgIpc) is 2.91. The van der Waals surface area contributed by atoms with Crippen LogP contribution in [0.4, 0.5) is 5.69 Å². The zero-order valence-corrected chi connectivity index (χ0v) is 25.9. The quantitative estimate of drug-likeness (QED) is 0.311. The number of methoxy groups -OCH3 is 1. The number of nitrogens with zero attached hydrogens (tertiary/aromatic N) is 2. The molecule has 0 aliphatic rings. The minimum atomic E-state index is -4.20. The first-order valence-electron chi connectivity index (χ1n) is 13.3. The molecule has 0 aromatic heterocycles. The standard InChI is InChI=1S/C31H38ClN3O5S/c1-7-27(30(37)33-31(3,4)5)34(20-23-11-9-8-10-12-23)29(36)21-35(24-15-18-28(40-6)26(32)19-24)41(38,39)25-16-13-22(2)14-17-25/h8-19,27H,7,20-21H2,1-6H3,(H,33,37)/t27-/m0/s1. The molecule has 0 unspecified atom stereocenters. The van der Waals surface area contributed by atoms with Crippen molar-refractivity contribution in [3.05, 3.63) is 88.9 Å². The number of carbonyl (C=O) groups excluding carboxylic acids is 2. The molecule has 3 rings (SSSR count). The number of anilines is 1. The molecule has 8 nitrogen and oxygen atoms in total. The third-order valence-corrected chi connectivity index (χ3v) is 8.47. The average molecular weight is 600 g/mol. The lowest BCUT2D eigenvalue weighted by molar-refractivity contribution is -0.141. The molecule has 3 aromatic rings. The van der Waals surface area contributed by atoms with E-state index < -0.39 is 34.1 Å². The first kappa shape index (κ1) is 32.0. The Kier molecular flexibility index (Phi) is 10.4. The molecule has 10 heteroatoms. The number of nitrogens with one attached hydrogen (secondary N) is 1. The minimum absolute atomic E-state index is 0.0231. The number of hydrogen-bond acceptors (Lipinski definition) is 5. The lowest BCUT2D eigenvalue weighted by Crippen LogP contribution is -2.55. The first-order valence-corrected chi connectivity index (χ1v) is 15.2. The van der Waals surface area contributed by atoms with Gasteiger partial charge in [0.2, 0.25) is 11.8 Å². The van der Waals surface area contributed by atoms with Gasteiger partial charge < -0.3 is 15.0 Å². The van der Waals surface area contributed by atoms with Crippen molar-refractivity contribution < 1.29 is 22.7 Å². The number of aryl methyl sites for hydroxylation is 1. The van der Waals surface area contributed by atoms with Gasteiger partial charge in [0.25, 0.3) is 10.0 Å². The van der Waals surface area contributed by atoms with Crippen LogP contribution in [0.25, 0.3) is 0 Å².